The molecule has 0 unspecified atom stereocenters. The van der Waals surface area contributed by atoms with Crippen LogP contribution in [0.15, 0.2) is 18.2 Å². The summed E-state index contributed by atoms with van der Waals surface area (Å²) in [6.07, 6.45) is 0. The van der Waals surface area contributed by atoms with Gasteiger partial charge in [0, 0.05) is 32.9 Å². The topological polar surface area (TPSA) is 55.3 Å². The number of hydrogen-bond acceptors (Lipinski definition) is 3. The monoisotopic (exact) mass is 179 g/mol. The van der Waals surface area contributed by atoms with Gasteiger partial charge in [-0.15, -0.1) is 0 Å². The van der Waals surface area contributed by atoms with Crippen LogP contribution in [-0.4, -0.2) is 14.1 Å². The van der Waals surface area contributed by atoms with Crippen LogP contribution in [0.2, 0.25) is 0 Å². The fraction of sp³-hybridized carbons (Fsp3) is 0.400. The molecule has 0 fully saturated rings. The van der Waals surface area contributed by atoms with Crippen LogP contribution < -0.4 is 16.4 Å². The molecule has 72 valence electrons. The van der Waals surface area contributed by atoms with Crippen molar-refractivity contribution in [2.45, 2.75) is 13.1 Å². The Morgan fingerprint density at radius 1 is 1.15 bits per heavy atom. The van der Waals surface area contributed by atoms with E-state index >= 15 is 0 Å². The van der Waals surface area contributed by atoms with E-state index in [-0.39, 0.29) is 0 Å². The minimum absolute atomic E-state index is 0.557. The molecular weight excluding hydrogens is 162 g/mol. The smallest absolute Gasteiger partial charge is 0.0406 e. The molecule has 0 aliphatic heterocycles. The predicted molar refractivity (Wildman–Crippen MR) is 56.6 cm³/mol. The van der Waals surface area contributed by atoms with Gasteiger partial charge in [0.05, 0.1) is 0 Å². The van der Waals surface area contributed by atoms with Crippen molar-refractivity contribution in [2.75, 3.05) is 19.0 Å². The molecule has 3 nitrogen and oxygen atoms in total. The summed E-state index contributed by atoms with van der Waals surface area (Å²) in [7, 11) is 4.02. The van der Waals surface area contributed by atoms with Crippen LogP contribution in [0.1, 0.15) is 11.1 Å². The second-order valence-electron chi connectivity index (χ2n) is 3.27. The van der Waals surface area contributed by atoms with Crippen LogP contribution in [-0.2, 0) is 13.1 Å². The maximum Gasteiger partial charge on any atom is 0.0406 e. The van der Waals surface area contributed by atoms with E-state index in [0.717, 1.165) is 11.1 Å². The molecule has 0 spiro atoms. The number of rotatable bonds is 3. The zero-order valence-corrected chi connectivity index (χ0v) is 8.25. The Kier molecular flexibility index (Phi) is 3.28. The number of nitrogens with zero attached hydrogens (tertiary/aromatic N) is 1. The third-order valence-electron chi connectivity index (χ3n) is 2.08. The van der Waals surface area contributed by atoms with Gasteiger partial charge in [0.15, 0.2) is 0 Å². The van der Waals surface area contributed by atoms with E-state index in [9.17, 15) is 0 Å². The first-order valence-corrected chi connectivity index (χ1v) is 4.38. The average molecular weight is 179 g/mol. The molecule has 0 radical (unpaired) electrons. The zero-order valence-electron chi connectivity index (χ0n) is 8.25. The van der Waals surface area contributed by atoms with Gasteiger partial charge in [0.1, 0.15) is 0 Å². The lowest BCUT2D eigenvalue weighted by Crippen LogP contribution is -2.13. The van der Waals surface area contributed by atoms with Crippen molar-refractivity contribution in [3.8, 4) is 0 Å². The third-order valence-corrected chi connectivity index (χ3v) is 2.08. The minimum Gasteiger partial charge on any atom is -0.377 e. The molecule has 3 heteroatoms. The molecule has 0 amide bonds. The molecule has 1 aromatic carbocycles. The molecule has 0 saturated heterocycles. The average Bonchev–Trinajstić information content (AvgIpc) is 2.16. The summed E-state index contributed by atoms with van der Waals surface area (Å²) in [6.45, 7) is 1.13. The first kappa shape index (κ1) is 10.0. The largest absolute Gasteiger partial charge is 0.377 e. The van der Waals surface area contributed by atoms with Crippen molar-refractivity contribution in [1.29, 1.82) is 0 Å². The summed E-state index contributed by atoms with van der Waals surface area (Å²) >= 11 is 0. The van der Waals surface area contributed by atoms with E-state index in [1.807, 2.05) is 20.2 Å². The molecule has 0 atom stereocenters. The van der Waals surface area contributed by atoms with E-state index in [1.54, 1.807) is 0 Å². The summed E-state index contributed by atoms with van der Waals surface area (Å²) < 4.78 is 0. The van der Waals surface area contributed by atoms with E-state index in [2.05, 4.69) is 17.0 Å². The highest BCUT2D eigenvalue weighted by molar-refractivity contribution is 5.53. The summed E-state index contributed by atoms with van der Waals surface area (Å²) in [6, 6.07) is 6.16. The Bertz CT molecular complexity index is 281. The van der Waals surface area contributed by atoms with Crippen molar-refractivity contribution >= 4 is 5.69 Å². The fourth-order valence-electron chi connectivity index (χ4n) is 1.37. The maximum absolute atomic E-state index is 5.64. The van der Waals surface area contributed by atoms with Gasteiger partial charge < -0.3 is 16.4 Å². The molecule has 1 aromatic rings. The van der Waals surface area contributed by atoms with Gasteiger partial charge >= 0.3 is 0 Å². The Balaban J connectivity index is 3.08. The van der Waals surface area contributed by atoms with Gasteiger partial charge in [-0.2, -0.15) is 0 Å². The fourth-order valence-corrected chi connectivity index (χ4v) is 1.37. The Morgan fingerprint density at radius 3 is 2.31 bits per heavy atom. The Hall–Kier alpha value is -1.06. The van der Waals surface area contributed by atoms with E-state index < -0.39 is 0 Å². The number of hydrogen-bond donors (Lipinski definition) is 2. The van der Waals surface area contributed by atoms with Gasteiger partial charge in [-0.3, -0.25) is 0 Å². The maximum atomic E-state index is 5.64. The van der Waals surface area contributed by atoms with Crippen LogP contribution in [0.4, 0.5) is 5.69 Å². The quantitative estimate of drug-likeness (QED) is 0.717. The van der Waals surface area contributed by atoms with Crippen LogP contribution in [0.5, 0.6) is 0 Å². The van der Waals surface area contributed by atoms with Gasteiger partial charge in [-0.1, -0.05) is 12.1 Å². The lowest BCUT2D eigenvalue weighted by molar-refractivity contribution is 0.999. The molecule has 0 aromatic heterocycles. The van der Waals surface area contributed by atoms with Crippen LogP contribution >= 0.6 is 0 Å². The van der Waals surface area contributed by atoms with E-state index in [0.29, 0.717) is 13.1 Å². The minimum atomic E-state index is 0.557. The predicted octanol–water partition coefficient (Wildman–Crippen LogP) is 0.670. The summed E-state index contributed by atoms with van der Waals surface area (Å²) in [5.74, 6) is 0. The first-order valence-electron chi connectivity index (χ1n) is 4.38. The summed E-state index contributed by atoms with van der Waals surface area (Å²) in [5, 5.41) is 0. The van der Waals surface area contributed by atoms with Crippen molar-refractivity contribution in [3.05, 3.63) is 29.3 Å². The van der Waals surface area contributed by atoms with E-state index in [1.165, 1.54) is 5.69 Å². The summed E-state index contributed by atoms with van der Waals surface area (Å²) in [5.41, 5.74) is 14.6. The summed E-state index contributed by atoms with van der Waals surface area (Å²) in [4.78, 5) is 2.06. The van der Waals surface area contributed by atoms with Crippen LogP contribution in [0, 0.1) is 0 Å². The van der Waals surface area contributed by atoms with Crippen LogP contribution in [0.25, 0.3) is 0 Å². The van der Waals surface area contributed by atoms with Crippen molar-refractivity contribution in [3.63, 3.8) is 0 Å². The molecule has 0 heterocycles. The second kappa shape index (κ2) is 4.25. The highest BCUT2D eigenvalue weighted by Crippen LogP contribution is 2.19. The highest BCUT2D eigenvalue weighted by Gasteiger charge is 2.03. The standard InChI is InChI=1S/C10H17N3/c1-13(2)10-4-3-8(6-11)5-9(10)7-12/h3-5H,6-7,11-12H2,1-2H3. The van der Waals surface area contributed by atoms with Crippen molar-refractivity contribution in [2.24, 2.45) is 11.5 Å². The van der Waals surface area contributed by atoms with Crippen molar-refractivity contribution < 1.29 is 0 Å². The molecule has 0 saturated carbocycles. The molecule has 0 aliphatic rings. The van der Waals surface area contributed by atoms with Crippen molar-refractivity contribution in [1.82, 2.24) is 0 Å². The lowest BCUT2D eigenvalue weighted by Gasteiger charge is -2.17. The molecular formula is C10H17N3. The highest BCUT2D eigenvalue weighted by atomic mass is 15.1. The Morgan fingerprint density at radius 2 is 1.85 bits per heavy atom. The van der Waals surface area contributed by atoms with Gasteiger partial charge in [-0.05, 0) is 17.2 Å². The van der Waals surface area contributed by atoms with E-state index in [4.69, 9.17) is 11.5 Å². The Labute approximate surface area is 79.3 Å². The normalized spacial score (nSPS) is 10.2. The lowest BCUT2D eigenvalue weighted by atomic mass is 10.1. The second-order valence-corrected chi connectivity index (χ2v) is 3.27. The molecule has 0 bridgehead atoms. The molecule has 4 N–H and O–H groups in total. The third kappa shape index (κ3) is 2.20. The van der Waals surface area contributed by atoms with Gasteiger partial charge in [0.2, 0.25) is 0 Å². The zero-order chi connectivity index (χ0) is 9.84. The number of benzene rings is 1. The molecule has 0 aliphatic carbocycles. The molecule has 1 rings (SSSR count). The first-order chi connectivity index (χ1) is 6.19. The van der Waals surface area contributed by atoms with Gasteiger partial charge in [0.25, 0.3) is 0 Å². The molecule has 13 heavy (non-hydrogen) atoms. The SMILES string of the molecule is CN(C)c1ccc(CN)cc1CN. The number of nitrogens with two attached hydrogens (primary N) is 2. The van der Waals surface area contributed by atoms with Gasteiger partial charge in [-0.25, -0.2) is 0 Å². The number of anilines is 1. The van der Waals surface area contributed by atoms with Crippen LogP contribution in [0.3, 0.4) is 0 Å².